The van der Waals surface area contributed by atoms with Crippen molar-refractivity contribution in [1.82, 2.24) is 18.3 Å². The van der Waals surface area contributed by atoms with Crippen LogP contribution in [0.4, 0.5) is 8.78 Å². The first-order chi connectivity index (χ1) is 39.7. The van der Waals surface area contributed by atoms with Crippen LogP contribution in [0, 0.1) is 39.3 Å². The van der Waals surface area contributed by atoms with E-state index in [0.717, 1.165) is 143 Å². The zero-order valence-corrected chi connectivity index (χ0v) is 47.3. The quantitative estimate of drug-likeness (QED) is 0.145. The second-order valence-corrected chi connectivity index (χ2v) is 23.8. The van der Waals surface area contributed by atoms with Gasteiger partial charge in [0, 0.05) is 81.8 Å². The molecule has 0 radical (unpaired) electrons. The van der Waals surface area contributed by atoms with Gasteiger partial charge in [0.25, 0.3) is 0 Å². The molecule has 0 bridgehead atoms. The van der Waals surface area contributed by atoms with Crippen LogP contribution in [-0.4, -0.2) is 18.3 Å². The van der Waals surface area contributed by atoms with Crippen LogP contribution < -0.4 is 0 Å². The Bertz CT molecular complexity index is 4770. The molecule has 398 valence electrons. The Balaban J connectivity index is 1.32. The van der Waals surface area contributed by atoms with E-state index in [1.165, 1.54) is 0 Å². The van der Waals surface area contributed by atoms with Gasteiger partial charge >= 0.3 is 0 Å². The molecule has 0 fully saturated rings. The van der Waals surface area contributed by atoms with Crippen LogP contribution in [0.25, 0.3) is 121 Å². The number of aryl methyl sites for hydroxylation is 4. The van der Waals surface area contributed by atoms with Crippen LogP contribution >= 0.6 is 0 Å². The molecule has 0 aliphatic carbocycles. The van der Waals surface area contributed by atoms with E-state index in [0.29, 0.717) is 11.1 Å². The molecule has 0 amide bonds. The molecule has 0 N–H and O–H groups in total. The minimum absolute atomic E-state index is 0.356. The number of halogens is 2. The number of hydrogen-bond donors (Lipinski definition) is 0. The molecule has 4 aromatic heterocycles. The number of para-hydroxylation sites is 4. The molecule has 4 heterocycles. The monoisotopic (exact) mass is 1070 g/mol. The Hall–Kier alpha value is -9.52. The van der Waals surface area contributed by atoms with Crippen LogP contribution in [0.2, 0.25) is 0 Å². The molecule has 0 atom stereocenters. The highest BCUT2D eigenvalue weighted by Crippen LogP contribution is 2.57. The van der Waals surface area contributed by atoms with E-state index in [1.54, 1.807) is 24.3 Å². The normalized spacial score (nSPS) is 12.5. The maximum Gasteiger partial charge on any atom is 0.123 e. The first-order valence-electron chi connectivity index (χ1n) is 28.5. The number of rotatable bonds is 8. The fraction of sp³-hybridized carbons (Fsp3) is 0.132. The summed E-state index contributed by atoms with van der Waals surface area (Å²) in [5, 5.41) is 8.99. The van der Waals surface area contributed by atoms with Gasteiger partial charge in [0.15, 0.2) is 0 Å². The van der Waals surface area contributed by atoms with Crippen molar-refractivity contribution in [3.8, 4) is 33.6 Å². The van der Waals surface area contributed by atoms with Gasteiger partial charge in [-0.15, -0.1) is 0 Å². The van der Waals surface area contributed by atoms with Crippen LogP contribution in [0.3, 0.4) is 0 Å². The van der Waals surface area contributed by atoms with Gasteiger partial charge in [0.2, 0.25) is 0 Å². The molecule has 15 aromatic rings. The number of fused-ring (bicyclic) bond motifs is 12. The highest BCUT2D eigenvalue weighted by molar-refractivity contribution is 6.15. The molecule has 0 aliphatic heterocycles. The van der Waals surface area contributed by atoms with E-state index in [2.05, 4.69) is 256 Å². The lowest BCUT2D eigenvalue weighted by Crippen LogP contribution is -2.35. The Morgan fingerprint density at radius 1 is 0.280 bits per heavy atom. The first kappa shape index (κ1) is 49.5. The van der Waals surface area contributed by atoms with E-state index in [4.69, 9.17) is 0 Å². The third kappa shape index (κ3) is 7.13. The Morgan fingerprint density at radius 3 is 0.878 bits per heavy atom. The molecule has 6 heteroatoms. The lowest BCUT2D eigenvalue weighted by molar-refractivity contribution is 0.455. The molecule has 0 aliphatic rings. The summed E-state index contributed by atoms with van der Waals surface area (Å²) in [6.45, 7) is 18.0. The molecule has 0 saturated heterocycles. The number of benzene rings is 11. The second kappa shape index (κ2) is 18.0. The van der Waals surface area contributed by atoms with Crippen molar-refractivity contribution in [2.75, 3.05) is 0 Å². The maximum absolute atomic E-state index is 17.1. The minimum atomic E-state index is -0.997. The van der Waals surface area contributed by atoms with Gasteiger partial charge in [-0.05, 0) is 169 Å². The molecule has 11 aromatic carbocycles. The third-order valence-electron chi connectivity index (χ3n) is 17.8. The second-order valence-electron chi connectivity index (χ2n) is 23.8. The predicted octanol–water partition coefficient (Wildman–Crippen LogP) is 20.5. The summed E-state index contributed by atoms with van der Waals surface area (Å²) in [6, 6.07) is 76.4. The van der Waals surface area contributed by atoms with Gasteiger partial charge in [-0.3, -0.25) is 0 Å². The Morgan fingerprint density at radius 2 is 0.573 bits per heavy atom. The number of nitrogens with zero attached hydrogens (tertiary/aromatic N) is 4. The van der Waals surface area contributed by atoms with E-state index < -0.39 is 11.1 Å². The molecule has 82 heavy (non-hydrogen) atoms. The summed E-state index contributed by atoms with van der Waals surface area (Å²) in [4.78, 5) is 0. The average Bonchev–Trinajstić information content (AvgIpc) is 1.40. The third-order valence-corrected chi connectivity index (χ3v) is 17.8. The summed E-state index contributed by atoms with van der Waals surface area (Å²) in [7, 11) is 0. The highest BCUT2D eigenvalue weighted by atomic mass is 19.1. The summed E-state index contributed by atoms with van der Waals surface area (Å²) in [5.74, 6) is -0.712. The summed E-state index contributed by atoms with van der Waals surface area (Å²) in [5.41, 5.74) is 17.7. The lowest BCUT2D eigenvalue weighted by Gasteiger charge is -2.41. The van der Waals surface area contributed by atoms with Gasteiger partial charge < -0.3 is 18.3 Å². The van der Waals surface area contributed by atoms with Crippen LogP contribution in [-0.2, 0) is 11.1 Å². The van der Waals surface area contributed by atoms with E-state index >= 15 is 8.78 Å². The highest BCUT2D eigenvalue weighted by Gasteiger charge is 2.44. The Labute approximate surface area is 475 Å². The summed E-state index contributed by atoms with van der Waals surface area (Å²) in [6.07, 6.45) is 0. The number of aromatic nitrogens is 4. The lowest BCUT2D eigenvalue weighted by atomic mass is 9.74. The molecule has 0 saturated carbocycles. The smallest absolute Gasteiger partial charge is 0.123 e. The maximum atomic E-state index is 17.1. The zero-order valence-electron chi connectivity index (χ0n) is 47.3. The molecule has 15 rings (SSSR count). The van der Waals surface area contributed by atoms with Gasteiger partial charge in [-0.2, -0.15) is 0 Å². The molecule has 4 nitrogen and oxygen atoms in total. The SMILES string of the molecule is Cc1ccc2c(c1)c1cc(C)ccc1n2-c1c(-c2cccc(F)c2)c(C(C)(C)n2c3ccccc3c3ccccc32)c(-c2cccc(F)c2)c(-n2c3ccc(C)cc3c3cc(C)ccc32)c1C(C)(C)n1c2ccccc2c2ccccc21. The fourth-order valence-electron chi connectivity index (χ4n) is 14.5. The van der Waals surface area contributed by atoms with Crippen molar-refractivity contribution in [2.24, 2.45) is 0 Å². The van der Waals surface area contributed by atoms with Gasteiger partial charge in [-0.25, -0.2) is 8.78 Å². The fourth-order valence-corrected chi connectivity index (χ4v) is 14.5. The molecular formula is C76H60F2N4. The summed E-state index contributed by atoms with van der Waals surface area (Å²) < 4.78 is 44.2. The van der Waals surface area contributed by atoms with E-state index in [9.17, 15) is 0 Å². The zero-order chi connectivity index (χ0) is 56.1. The topological polar surface area (TPSA) is 19.7 Å². The first-order valence-corrected chi connectivity index (χ1v) is 28.5. The Kier molecular flexibility index (Phi) is 10.9. The van der Waals surface area contributed by atoms with Crippen molar-refractivity contribution in [1.29, 1.82) is 0 Å². The van der Waals surface area contributed by atoms with Crippen molar-refractivity contribution >= 4 is 87.2 Å². The average molecular weight is 1070 g/mol. The van der Waals surface area contributed by atoms with Crippen molar-refractivity contribution in [3.05, 3.63) is 263 Å². The van der Waals surface area contributed by atoms with Crippen LogP contribution in [0.15, 0.2) is 218 Å². The molecular weight excluding hydrogens is 1010 g/mol. The summed E-state index contributed by atoms with van der Waals surface area (Å²) >= 11 is 0. The number of hydrogen-bond acceptors (Lipinski definition) is 0. The van der Waals surface area contributed by atoms with Crippen LogP contribution in [0.1, 0.15) is 61.1 Å². The predicted molar refractivity (Wildman–Crippen MR) is 341 cm³/mol. The van der Waals surface area contributed by atoms with Crippen molar-refractivity contribution < 1.29 is 8.78 Å². The molecule has 0 unspecified atom stereocenters. The van der Waals surface area contributed by atoms with Gasteiger partial charge in [-0.1, -0.05) is 144 Å². The van der Waals surface area contributed by atoms with Crippen molar-refractivity contribution in [2.45, 2.75) is 66.5 Å². The standard InChI is InChI=1S/C76H60F2N4/c1-45-31-35-61-57(39-45)58-40-46(2)32-36-62(58)79(61)73-69(49-19-17-21-51(77)43-49)71(75(5,6)81-65-27-13-9-23-53(65)54-24-10-14-28-66(54)81)70(50-20-18-22-52(78)44-50)74(80-63-37-33-47(3)41-59(63)60-42-48(4)34-38-64(60)80)72(73)76(7,8)82-67-29-15-11-25-55(67)56-26-12-16-30-68(56)82/h9-44H,1-8H3. The molecule has 0 spiro atoms. The van der Waals surface area contributed by atoms with Crippen molar-refractivity contribution in [3.63, 3.8) is 0 Å². The van der Waals surface area contributed by atoms with Gasteiger partial charge in [0.1, 0.15) is 11.6 Å². The van der Waals surface area contributed by atoms with Gasteiger partial charge in [0.05, 0.1) is 44.5 Å². The minimum Gasteiger partial charge on any atom is -0.331 e. The van der Waals surface area contributed by atoms with E-state index in [1.807, 2.05) is 12.1 Å². The largest absolute Gasteiger partial charge is 0.331 e. The van der Waals surface area contributed by atoms with E-state index in [-0.39, 0.29) is 11.6 Å². The van der Waals surface area contributed by atoms with Crippen LogP contribution in [0.5, 0.6) is 0 Å².